The second-order valence-corrected chi connectivity index (χ2v) is 12.5. The maximum Gasteiger partial charge on any atom is 0.252 e. The zero-order valence-corrected chi connectivity index (χ0v) is 21.1. The maximum absolute atomic E-state index is 13.1. The molecule has 1 N–H and O–H groups in total. The van der Waals surface area contributed by atoms with E-state index in [1.165, 1.54) is 27.0 Å². The monoisotopic (exact) mass is 531 g/mol. The molecule has 2 aliphatic heterocycles. The quantitative estimate of drug-likeness (QED) is 0.418. The predicted octanol–water partition coefficient (Wildman–Crippen LogP) is 3.62. The molecule has 2 aliphatic rings. The number of anilines is 1. The van der Waals surface area contributed by atoms with Crippen molar-refractivity contribution in [2.24, 2.45) is 5.92 Å². The smallest absolute Gasteiger partial charge is 0.252 e. The second-order valence-electron chi connectivity index (χ2n) is 8.35. The van der Waals surface area contributed by atoms with Crippen LogP contribution in [0.15, 0.2) is 39.9 Å². The van der Waals surface area contributed by atoms with Crippen molar-refractivity contribution in [3.8, 4) is 16.6 Å². The summed E-state index contributed by atoms with van der Waals surface area (Å²) in [5, 5.41) is 9.87. The van der Waals surface area contributed by atoms with Crippen LogP contribution in [0, 0.1) is 12.8 Å². The Labute approximate surface area is 209 Å². The number of nitrogens with zero attached hydrogens (tertiary/aromatic N) is 4. The van der Waals surface area contributed by atoms with Crippen LogP contribution in [0.4, 0.5) is 5.82 Å². The number of aromatic nitrogens is 3. The number of ether oxygens (including phenoxy) is 2. The van der Waals surface area contributed by atoms with Crippen LogP contribution in [0.2, 0.25) is 0 Å². The molecule has 1 aromatic carbocycles. The highest BCUT2D eigenvalue weighted by Gasteiger charge is 2.33. The minimum atomic E-state index is -3.50. The molecular formula is C22H21N5O5S3. The normalized spacial score (nSPS) is 16.7. The number of hydrogen-bond acceptors (Lipinski definition) is 9. The molecule has 0 atom stereocenters. The number of amides is 1. The average Bonchev–Trinajstić information content (AvgIpc) is 3.63. The summed E-state index contributed by atoms with van der Waals surface area (Å²) in [5.41, 5.74) is 1.50. The summed E-state index contributed by atoms with van der Waals surface area (Å²) in [6.07, 6.45) is 0.909. The van der Waals surface area contributed by atoms with E-state index in [9.17, 15) is 13.2 Å². The van der Waals surface area contributed by atoms with Crippen LogP contribution in [0.25, 0.3) is 15.3 Å². The Hall–Kier alpha value is -3.00. The zero-order valence-electron chi connectivity index (χ0n) is 18.6. The summed E-state index contributed by atoms with van der Waals surface area (Å²) in [5.74, 6) is 1.43. The van der Waals surface area contributed by atoms with Gasteiger partial charge in [0, 0.05) is 37.2 Å². The minimum absolute atomic E-state index is 0.152. The van der Waals surface area contributed by atoms with E-state index in [2.05, 4.69) is 15.4 Å². The van der Waals surface area contributed by atoms with Gasteiger partial charge in [0.05, 0.1) is 15.9 Å². The van der Waals surface area contributed by atoms with Crippen LogP contribution in [0.3, 0.4) is 0 Å². The van der Waals surface area contributed by atoms with Crippen LogP contribution < -0.4 is 14.8 Å². The van der Waals surface area contributed by atoms with E-state index >= 15 is 0 Å². The predicted molar refractivity (Wildman–Crippen MR) is 132 cm³/mol. The standard InChI is InChI=1S/C22H21N5O5S3/c1-13-9-19(27(25-13)22-23-15-10-16-17(32-12-31-16)11-18(15)34-22)24-21(28)14-4-6-26(7-5-14)35(29,30)20-3-2-8-33-20/h2-3,8-11,14H,4-7,12H2,1H3,(H,24,28). The number of carbonyl (C=O) groups is 1. The molecule has 0 radical (unpaired) electrons. The fourth-order valence-corrected chi connectivity index (χ4v) is 7.81. The molecule has 35 heavy (non-hydrogen) atoms. The Kier molecular flexibility index (Phi) is 5.51. The molecule has 182 valence electrons. The summed E-state index contributed by atoms with van der Waals surface area (Å²) < 4.78 is 40.8. The third kappa shape index (κ3) is 4.07. The van der Waals surface area contributed by atoms with E-state index in [1.54, 1.807) is 28.3 Å². The van der Waals surface area contributed by atoms with Crippen molar-refractivity contribution < 1.29 is 22.7 Å². The molecule has 0 unspecified atom stereocenters. The molecule has 10 nitrogen and oxygen atoms in total. The molecule has 0 saturated carbocycles. The molecule has 1 saturated heterocycles. The Morgan fingerprint density at radius 1 is 1.17 bits per heavy atom. The minimum Gasteiger partial charge on any atom is -0.454 e. The lowest BCUT2D eigenvalue weighted by Gasteiger charge is -2.30. The van der Waals surface area contributed by atoms with E-state index in [1.807, 2.05) is 19.1 Å². The van der Waals surface area contributed by atoms with Gasteiger partial charge in [-0.3, -0.25) is 4.79 Å². The van der Waals surface area contributed by atoms with Crippen LogP contribution in [0.1, 0.15) is 18.5 Å². The van der Waals surface area contributed by atoms with Gasteiger partial charge in [0.1, 0.15) is 10.0 Å². The Morgan fingerprint density at radius 2 is 1.94 bits per heavy atom. The molecule has 5 heterocycles. The van der Waals surface area contributed by atoms with Gasteiger partial charge in [-0.15, -0.1) is 11.3 Å². The number of hydrogen-bond donors (Lipinski definition) is 1. The maximum atomic E-state index is 13.1. The van der Waals surface area contributed by atoms with Gasteiger partial charge in [0.2, 0.25) is 17.8 Å². The lowest BCUT2D eigenvalue weighted by Crippen LogP contribution is -2.41. The van der Waals surface area contributed by atoms with Gasteiger partial charge in [-0.1, -0.05) is 17.4 Å². The first-order valence-electron chi connectivity index (χ1n) is 11.0. The molecule has 1 amide bonds. The number of sulfonamides is 1. The van der Waals surface area contributed by atoms with Crippen molar-refractivity contribution in [3.05, 3.63) is 41.4 Å². The fraction of sp³-hybridized carbons (Fsp3) is 0.318. The topological polar surface area (TPSA) is 116 Å². The first kappa shape index (κ1) is 22.5. The van der Waals surface area contributed by atoms with E-state index in [0.717, 1.165) is 15.9 Å². The molecule has 0 spiro atoms. The molecular weight excluding hydrogens is 510 g/mol. The number of thiophene rings is 1. The van der Waals surface area contributed by atoms with Crippen molar-refractivity contribution in [2.75, 3.05) is 25.2 Å². The molecule has 13 heteroatoms. The van der Waals surface area contributed by atoms with Gasteiger partial charge >= 0.3 is 0 Å². The number of nitrogens with one attached hydrogen (secondary N) is 1. The molecule has 3 aromatic heterocycles. The largest absolute Gasteiger partial charge is 0.454 e. The molecule has 4 aromatic rings. The van der Waals surface area contributed by atoms with Gasteiger partial charge in [-0.25, -0.2) is 13.4 Å². The first-order chi connectivity index (χ1) is 16.9. The summed E-state index contributed by atoms with van der Waals surface area (Å²) in [7, 11) is -3.50. The van der Waals surface area contributed by atoms with Crippen LogP contribution in [0.5, 0.6) is 11.5 Å². The van der Waals surface area contributed by atoms with Crippen molar-refractivity contribution in [1.82, 2.24) is 19.1 Å². The molecule has 0 bridgehead atoms. The summed E-state index contributed by atoms with van der Waals surface area (Å²) in [6, 6.07) is 8.86. The Morgan fingerprint density at radius 3 is 2.69 bits per heavy atom. The van der Waals surface area contributed by atoms with E-state index < -0.39 is 10.0 Å². The highest BCUT2D eigenvalue weighted by Crippen LogP contribution is 2.39. The van der Waals surface area contributed by atoms with Crippen LogP contribution >= 0.6 is 22.7 Å². The highest BCUT2D eigenvalue weighted by molar-refractivity contribution is 7.91. The lowest BCUT2D eigenvalue weighted by molar-refractivity contribution is -0.120. The molecule has 0 aliphatic carbocycles. The number of piperidine rings is 1. The SMILES string of the molecule is Cc1cc(NC(=O)C2CCN(S(=O)(=O)c3cccs3)CC2)n(-c2nc3cc4c(cc3s2)OCO4)n1. The van der Waals surface area contributed by atoms with Crippen molar-refractivity contribution in [1.29, 1.82) is 0 Å². The van der Waals surface area contributed by atoms with Crippen LogP contribution in [-0.4, -0.2) is 53.3 Å². The summed E-state index contributed by atoms with van der Waals surface area (Å²) in [4.78, 5) is 17.8. The van der Waals surface area contributed by atoms with Gasteiger partial charge in [0.15, 0.2) is 11.5 Å². The van der Waals surface area contributed by atoms with Gasteiger partial charge in [0.25, 0.3) is 10.0 Å². The van der Waals surface area contributed by atoms with Crippen molar-refractivity contribution >= 4 is 54.6 Å². The number of rotatable bonds is 5. The van der Waals surface area contributed by atoms with E-state index in [4.69, 9.17) is 9.47 Å². The number of fused-ring (bicyclic) bond motifs is 2. The van der Waals surface area contributed by atoms with E-state index in [-0.39, 0.29) is 18.6 Å². The lowest BCUT2D eigenvalue weighted by atomic mass is 9.97. The number of benzene rings is 1. The number of carbonyl (C=O) groups excluding carboxylic acids is 1. The van der Waals surface area contributed by atoms with Crippen molar-refractivity contribution in [3.63, 3.8) is 0 Å². The van der Waals surface area contributed by atoms with Crippen molar-refractivity contribution in [2.45, 2.75) is 24.0 Å². The Balaban J connectivity index is 1.18. The van der Waals surface area contributed by atoms with Gasteiger partial charge in [-0.05, 0) is 31.2 Å². The zero-order chi connectivity index (χ0) is 24.2. The number of aryl methyl sites for hydroxylation is 1. The second kappa shape index (κ2) is 8.59. The van der Waals surface area contributed by atoms with E-state index in [0.29, 0.717) is 52.6 Å². The highest BCUT2D eigenvalue weighted by atomic mass is 32.2. The van der Waals surface area contributed by atoms with Gasteiger partial charge in [-0.2, -0.15) is 14.1 Å². The third-order valence-electron chi connectivity index (χ3n) is 6.05. The van der Waals surface area contributed by atoms with Crippen LogP contribution in [-0.2, 0) is 14.8 Å². The number of thiazole rings is 1. The average molecular weight is 532 g/mol. The molecule has 6 rings (SSSR count). The summed E-state index contributed by atoms with van der Waals surface area (Å²) >= 11 is 2.64. The third-order valence-corrected chi connectivity index (χ3v) is 10.3. The fourth-order valence-electron chi connectivity index (χ4n) is 4.25. The Bertz CT molecular complexity index is 1480. The first-order valence-corrected chi connectivity index (χ1v) is 14.1. The van der Waals surface area contributed by atoms with Gasteiger partial charge < -0.3 is 14.8 Å². The summed E-state index contributed by atoms with van der Waals surface area (Å²) in [6.45, 7) is 2.67. The molecule has 1 fully saturated rings.